The van der Waals surface area contributed by atoms with Gasteiger partial charge in [-0.1, -0.05) is 18.2 Å². The number of halogens is 1. The molecule has 1 atom stereocenters. The molecule has 0 heterocycles. The number of nitriles is 1. The van der Waals surface area contributed by atoms with Crippen molar-refractivity contribution in [1.29, 1.82) is 5.26 Å². The minimum Gasteiger partial charge on any atom is -0.455 e. The van der Waals surface area contributed by atoms with E-state index in [1.54, 1.807) is 18.2 Å². The largest absolute Gasteiger partial charge is 0.455 e. The van der Waals surface area contributed by atoms with Crippen LogP contribution in [0.25, 0.3) is 0 Å². The molecule has 0 amide bonds. The van der Waals surface area contributed by atoms with Crippen molar-refractivity contribution in [2.45, 2.75) is 13.0 Å². The number of nitrogens with two attached hydrogens (primary N) is 1. The second-order valence-electron chi connectivity index (χ2n) is 4.19. The van der Waals surface area contributed by atoms with E-state index in [0.29, 0.717) is 17.1 Å². The number of rotatable bonds is 3. The Balaban J connectivity index is 2.32. The highest BCUT2D eigenvalue weighted by Crippen LogP contribution is 2.32. The predicted octanol–water partition coefficient (Wildman–Crippen LogP) is 4.13. The zero-order valence-electron chi connectivity index (χ0n) is 10.4. The molecule has 0 bridgehead atoms. The van der Waals surface area contributed by atoms with Crippen molar-refractivity contribution in [3.63, 3.8) is 0 Å². The molecule has 0 aliphatic carbocycles. The number of ether oxygens (including phenoxy) is 1. The lowest BCUT2D eigenvalue weighted by molar-refractivity contribution is 0.477. The molecule has 2 rings (SSSR count). The molecule has 0 unspecified atom stereocenters. The van der Waals surface area contributed by atoms with Crippen molar-refractivity contribution in [1.82, 2.24) is 0 Å². The van der Waals surface area contributed by atoms with E-state index in [2.05, 4.69) is 22.0 Å². The Kier molecular flexibility index (Phi) is 4.20. The van der Waals surface area contributed by atoms with E-state index in [4.69, 9.17) is 15.7 Å². The maximum atomic E-state index is 9.02. The van der Waals surface area contributed by atoms with Crippen LogP contribution in [-0.4, -0.2) is 0 Å². The number of para-hydroxylation sites is 1. The fourth-order valence-corrected chi connectivity index (χ4v) is 2.13. The van der Waals surface area contributed by atoms with Crippen molar-refractivity contribution in [3.8, 4) is 17.6 Å². The molecule has 0 aromatic heterocycles. The monoisotopic (exact) mass is 316 g/mol. The lowest BCUT2D eigenvalue weighted by atomic mass is 10.1. The first-order valence-corrected chi connectivity index (χ1v) is 6.63. The van der Waals surface area contributed by atoms with Crippen LogP contribution in [0.2, 0.25) is 0 Å². The maximum absolute atomic E-state index is 9.02. The molecule has 0 aliphatic heterocycles. The molecule has 0 aliphatic rings. The van der Waals surface area contributed by atoms with Gasteiger partial charge in [0.2, 0.25) is 0 Å². The predicted molar refractivity (Wildman–Crippen MR) is 78.0 cm³/mol. The molecule has 0 saturated heterocycles. The average molecular weight is 317 g/mol. The van der Waals surface area contributed by atoms with Crippen molar-refractivity contribution < 1.29 is 4.74 Å². The first-order chi connectivity index (χ1) is 9.11. The number of hydrogen-bond donors (Lipinski definition) is 1. The van der Waals surface area contributed by atoms with Gasteiger partial charge in [-0.15, -0.1) is 0 Å². The van der Waals surface area contributed by atoms with Crippen LogP contribution >= 0.6 is 15.9 Å². The van der Waals surface area contributed by atoms with Gasteiger partial charge >= 0.3 is 0 Å². The molecule has 2 aromatic carbocycles. The minimum atomic E-state index is -0.0308. The Labute approximate surface area is 120 Å². The molecule has 96 valence electrons. The van der Waals surface area contributed by atoms with Crippen LogP contribution in [0.15, 0.2) is 46.9 Å². The molecular weight excluding hydrogens is 304 g/mol. The summed E-state index contributed by atoms with van der Waals surface area (Å²) in [6, 6.07) is 14.9. The molecule has 3 nitrogen and oxygen atoms in total. The second kappa shape index (κ2) is 5.87. The summed E-state index contributed by atoms with van der Waals surface area (Å²) in [5.74, 6) is 1.20. The number of nitrogens with zero attached hydrogens (tertiary/aromatic N) is 1. The Morgan fingerprint density at radius 2 is 1.95 bits per heavy atom. The Hall–Kier alpha value is -1.83. The van der Waals surface area contributed by atoms with Gasteiger partial charge < -0.3 is 10.5 Å². The Morgan fingerprint density at radius 1 is 1.21 bits per heavy atom. The highest BCUT2D eigenvalue weighted by molar-refractivity contribution is 9.10. The van der Waals surface area contributed by atoms with Crippen molar-refractivity contribution in [2.24, 2.45) is 5.73 Å². The zero-order valence-corrected chi connectivity index (χ0v) is 12.0. The summed E-state index contributed by atoms with van der Waals surface area (Å²) in [4.78, 5) is 0. The number of benzene rings is 2. The first kappa shape index (κ1) is 13.6. The zero-order chi connectivity index (χ0) is 13.8. The first-order valence-electron chi connectivity index (χ1n) is 5.84. The van der Waals surface area contributed by atoms with Crippen LogP contribution in [-0.2, 0) is 0 Å². The van der Waals surface area contributed by atoms with Gasteiger partial charge in [0.25, 0.3) is 0 Å². The van der Waals surface area contributed by atoms with Crippen LogP contribution in [0.5, 0.6) is 11.5 Å². The smallest absolute Gasteiger partial charge is 0.145 e. The third-order valence-corrected chi connectivity index (χ3v) is 3.33. The quantitative estimate of drug-likeness (QED) is 0.926. The summed E-state index contributed by atoms with van der Waals surface area (Å²) >= 11 is 3.46. The van der Waals surface area contributed by atoms with E-state index in [9.17, 15) is 0 Å². The highest BCUT2D eigenvalue weighted by atomic mass is 79.9. The van der Waals surface area contributed by atoms with Gasteiger partial charge in [-0.3, -0.25) is 0 Å². The molecule has 19 heavy (non-hydrogen) atoms. The van der Waals surface area contributed by atoms with Crippen molar-refractivity contribution in [2.75, 3.05) is 0 Å². The second-order valence-corrected chi connectivity index (χ2v) is 5.04. The van der Waals surface area contributed by atoms with E-state index in [0.717, 1.165) is 10.0 Å². The van der Waals surface area contributed by atoms with Gasteiger partial charge in [-0.05, 0) is 52.7 Å². The van der Waals surface area contributed by atoms with E-state index >= 15 is 0 Å². The lowest BCUT2D eigenvalue weighted by Gasteiger charge is -2.11. The SMILES string of the molecule is C[C@H](N)c1ccc(Oc2ccccc2C#N)c(Br)c1. The Morgan fingerprint density at radius 3 is 2.58 bits per heavy atom. The molecule has 2 aromatic rings. The van der Waals surface area contributed by atoms with Gasteiger partial charge in [0.1, 0.15) is 17.6 Å². The van der Waals surface area contributed by atoms with E-state index in [-0.39, 0.29) is 6.04 Å². The Bertz CT molecular complexity index is 632. The molecule has 0 spiro atoms. The van der Waals surface area contributed by atoms with Crippen LogP contribution in [0.1, 0.15) is 24.1 Å². The van der Waals surface area contributed by atoms with Crippen molar-refractivity contribution in [3.05, 3.63) is 58.1 Å². The topological polar surface area (TPSA) is 59.0 Å². The third kappa shape index (κ3) is 3.14. The lowest BCUT2D eigenvalue weighted by Crippen LogP contribution is -2.04. The molecular formula is C15H13BrN2O. The van der Waals surface area contributed by atoms with E-state index < -0.39 is 0 Å². The summed E-state index contributed by atoms with van der Waals surface area (Å²) in [6.07, 6.45) is 0. The fourth-order valence-electron chi connectivity index (χ4n) is 1.65. The summed E-state index contributed by atoms with van der Waals surface area (Å²) in [5, 5.41) is 9.02. The summed E-state index contributed by atoms with van der Waals surface area (Å²) in [7, 11) is 0. The summed E-state index contributed by atoms with van der Waals surface area (Å²) in [6.45, 7) is 1.92. The van der Waals surface area contributed by atoms with Crippen LogP contribution in [0.3, 0.4) is 0 Å². The average Bonchev–Trinajstić information content (AvgIpc) is 2.41. The summed E-state index contributed by atoms with van der Waals surface area (Å²) < 4.78 is 6.57. The van der Waals surface area contributed by atoms with Gasteiger partial charge in [-0.2, -0.15) is 5.26 Å². The van der Waals surface area contributed by atoms with E-state index in [1.807, 2.05) is 31.2 Å². The highest BCUT2D eigenvalue weighted by Gasteiger charge is 2.08. The summed E-state index contributed by atoms with van der Waals surface area (Å²) in [5.41, 5.74) is 7.35. The maximum Gasteiger partial charge on any atom is 0.145 e. The molecule has 0 fully saturated rings. The van der Waals surface area contributed by atoms with Gasteiger partial charge in [0.15, 0.2) is 0 Å². The van der Waals surface area contributed by atoms with Gasteiger partial charge in [0.05, 0.1) is 10.0 Å². The van der Waals surface area contributed by atoms with Crippen LogP contribution < -0.4 is 10.5 Å². The van der Waals surface area contributed by atoms with Gasteiger partial charge in [-0.25, -0.2) is 0 Å². The van der Waals surface area contributed by atoms with Crippen LogP contribution in [0, 0.1) is 11.3 Å². The molecule has 2 N–H and O–H groups in total. The van der Waals surface area contributed by atoms with Crippen LogP contribution in [0.4, 0.5) is 0 Å². The molecule has 0 saturated carbocycles. The molecule has 4 heteroatoms. The fraction of sp³-hybridized carbons (Fsp3) is 0.133. The molecule has 0 radical (unpaired) electrons. The minimum absolute atomic E-state index is 0.0308. The number of hydrogen-bond acceptors (Lipinski definition) is 3. The van der Waals surface area contributed by atoms with E-state index in [1.165, 1.54) is 0 Å². The van der Waals surface area contributed by atoms with Crippen molar-refractivity contribution >= 4 is 15.9 Å². The normalized spacial score (nSPS) is 11.7. The van der Waals surface area contributed by atoms with Gasteiger partial charge in [0, 0.05) is 6.04 Å². The standard InChI is InChI=1S/C15H13BrN2O/c1-10(18)11-6-7-15(13(16)8-11)19-14-5-3-2-4-12(14)9-17/h2-8,10H,18H2,1H3/t10-/m0/s1. The third-order valence-electron chi connectivity index (χ3n) is 2.71.